The number of likely N-dealkylation sites (N-methyl/N-ethyl adjacent to an activating group) is 2. The molecule has 4 atom stereocenters. The molecule has 2 saturated heterocycles. The van der Waals surface area contributed by atoms with Crippen LogP contribution in [-0.2, 0) is 48.0 Å². The van der Waals surface area contributed by atoms with Gasteiger partial charge in [-0.1, -0.05) is 40.3 Å². The maximum Gasteiger partial charge on any atom is 0.324 e. The van der Waals surface area contributed by atoms with E-state index in [1.807, 2.05) is 32.2 Å². The number of likely N-dealkylation sites (tertiary alicyclic amines) is 1. The summed E-state index contributed by atoms with van der Waals surface area (Å²) < 4.78 is 14.3. The van der Waals surface area contributed by atoms with Gasteiger partial charge in [0.05, 0.1) is 34.8 Å². The fourth-order valence-electron chi connectivity index (χ4n) is 10.0. The Kier molecular flexibility index (Phi) is 15.8. The standard InChI is InChI=1S/C51H69N9O7S/c1-11-43(61)56(8)28-33-19-23-58(24-20-33)50(65)57(9)45(31(3)4)47(62)54-39-26-42-53-40(29-68-42)34-17-18-41-36(25-34)37(46(59(41)12-2)35-15-13-21-52-44(35)32(5)66-10)27-51(6,7)30-67-49(64)38-16-14-22-60(55-38)48(39)63/h11,13,15,17-18,21,25,29,31-33,38-39,45,55H,1,12,14,16,19-20,22-24,26-28,30H2,2-10H3,(H,54,62)/t32-,38-,39-,45-/m0/s1. The number of nitrogens with zero attached hydrogens (tertiary/aromatic N) is 7. The summed E-state index contributed by atoms with van der Waals surface area (Å²) in [5.41, 5.74) is 9.29. The van der Waals surface area contributed by atoms with Crippen LogP contribution in [0.4, 0.5) is 4.79 Å². The lowest BCUT2D eigenvalue weighted by Gasteiger charge is -2.39. The van der Waals surface area contributed by atoms with Crippen molar-refractivity contribution in [1.82, 2.24) is 45.0 Å². The molecule has 6 heterocycles. The molecule has 366 valence electrons. The lowest BCUT2D eigenvalue weighted by Crippen LogP contribution is -2.62. The molecule has 4 aromatic rings. The zero-order valence-corrected chi connectivity index (χ0v) is 42.0. The number of aromatic nitrogens is 3. The highest BCUT2D eigenvalue weighted by molar-refractivity contribution is 7.10. The van der Waals surface area contributed by atoms with Gasteiger partial charge in [0.25, 0.3) is 5.91 Å². The number of rotatable bonds is 11. The van der Waals surface area contributed by atoms with Gasteiger partial charge < -0.3 is 34.1 Å². The normalized spacial score (nSPS) is 20.1. The van der Waals surface area contributed by atoms with Crippen molar-refractivity contribution in [1.29, 1.82) is 0 Å². The number of hydrazine groups is 1. The maximum atomic E-state index is 14.7. The largest absolute Gasteiger partial charge is 0.464 e. The van der Waals surface area contributed by atoms with Crippen LogP contribution >= 0.6 is 11.3 Å². The zero-order chi connectivity index (χ0) is 49.0. The zero-order valence-electron chi connectivity index (χ0n) is 41.2. The van der Waals surface area contributed by atoms with Crippen molar-refractivity contribution in [3.05, 3.63) is 70.8 Å². The number of amides is 5. The van der Waals surface area contributed by atoms with Gasteiger partial charge in [0.1, 0.15) is 18.1 Å². The lowest BCUT2D eigenvalue weighted by molar-refractivity contribution is -0.155. The van der Waals surface area contributed by atoms with Gasteiger partial charge in [-0.05, 0) is 93.7 Å². The molecule has 68 heavy (non-hydrogen) atoms. The van der Waals surface area contributed by atoms with E-state index in [1.54, 1.807) is 37.2 Å². The van der Waals surface area contributed by atoms with Crippen LogP contribution in [0, 0.1) is 17.3 Å². The summed E-state index contributed by atoms with van der Waals surface area (Å²) in [7, 11) is 5.07. The summed E-state index contributed by atoms with van der Waals surface area (Å²) in [6.45, 7) is 18.4. The fraction of sp³-hybridized carbons (Fsp3) is 0.549. The molecule has 0 saturated carbocycles. The van der Waals surface area contributed by atoms with Crippen molar-refractivity contribution in [3.8, 4) is 22.5 Å². The van der Waals surface area contributed by atoms with Gasteiger partial charge in [0, 0.05) is 99.4 Å². The third kappa shape index (κ3) is 10.8. The minimum absolute atomic E-state index is 0.0842. The van der Waals surface area contributed by atoms with Gasteiger partial charge in [0.15, 0.2) is 0 Å². The summed E-state index contributed by atoms with van der Waals surface area (Å²) in [6, 6.07) is 7.40. The predicted molar refractivity (Wildman–Crippen MR) is 263 cm³/mol. The molecule has 0 spiro atoms. The van der Waals surface area contributed by atoms with E-state index >= 15 is 0 Å². The second kappa shape index (κ2) is 21.3. The van der Waals surface area contributed by atoms with Crippen molar-refractivity contribution in [2.45, 2.75) is 111 Å². The number of aryl methyl sites for hydroxylation is 1. The van der Waals surface area contributed by atoms with Crippen molar-refractivity contribution in [2.75, 3.05) is 54.0 Å². The second-order valence-corrected chi connectivity index (χ2v) is 20.7. The van der Waals surface area contributed by atoms with E-state index in [1.165, 1.54) is 27.3 Å². The van der Waals surface area contributed by atoms with Gasteiger partial charge in [-0.3, -0.25) is 29.2 Å². The first kappa shape index (κ1) is 50.2. The van der Waals surface area contributed by atoms with E-state index in [0.717, 1.165) is 57.5 Å². The number of pyridine rings is 1. The summed E-state index contributed by atoms with van der Waals surface area (Å²) >= 11 is 1.41. The van der Waals surface area contributed by atoms with Crippen LogP contribution in [0.5, 0.6) is 0 Å². The van der Waals surface area contributed by atoms with E-state index < -0.39 is 41.3 Å². The number of methoxy groups -OCH3 is 1. The number of thiazole rings is 1. The number of esters is 1. The van der Waals surface area contributed by atoms with Gasteiger partial charge in [-0.15, -0.1) is 11.3 Å². The molecular formula is C51H69N9O7S. The molecule has 16 nitrogen and oxygen atoms in total. The van der Waals surface area contributed by atoms with Crippen molar-refractivity contribution < 1.29 is 33.4 Å². The van der Waals surface area contributed by atoms with E-state index in [4.69, 9.17) is 19.4 Å². The molecule has 2 N–H and O–H groups in total. The summed E-state index contributed by atoms with van der Waals surface area (Å²) in [5.74, 6) is -1.53. The average Bonchev–Trinajstić information content (AvgIpc) is 3.93. The van der Waals surface area contributed by atoms with Crippen LogP contribution in [0.3, 0.4) is 0 Å². The van der Waals surface area contributed by atoms with Gasteiger partial charge in [-0.2, -0.15) is 0 Å². The number of ether oxygens (including phenoxy) is 2. The highest BCUT2D eigenvalue weighted by atomic mass is 32.1. The predicted octanol–water partition coefficient (Wildman–Crippen LogP) is 6.64. The summed E-state index contributed by atoms with van der Waals surface area (Å²) in [4.78, 5) is 84.0. The summed E-state index contributed by atoms with van der Waals surface area (Å²) in [6.07, 6.45) is 5.95. The molecule has 2 fully saturated rings. The second-order valence-electron chi connectivity index (χ2n) is 19.7. The Balaban J connectivity index is 1.21. The smallest absolute Gasteiger partial charge is 0.324 e. The third-order valence-corrected chi connectivity index (χ3v) is 14.6. The van der Waals surface area contributed by atoms with E-state index in [9.17, 15) is 24.0 Å². The number of carbonyl (C=O) groups excluding carboxylic acids is 5. The molecule has 7 rings (SSSR count). The third-order valence-electron chi connectivity index (χ3n) is 13.7. The van der Waals surface area contributed by atoms with Crippen molar-refractivity contribution in [2.24, 2.45) is 17.3 Å². The van der Waals surface area contributed by atoms with Crippen LogP contribution in [0.1, 0.15) is 89.6 Å². The van der Waals surface area contributed by atoms with Crippen molar-refractivity contribution in [3.63, 3.8) is 0 Å². The van der Waals surface area contributed by atoms with Crippen LogP contribution in [0.2, 0.25) is 0 Å². The minimum atomic E-state index is -1.07. The molecule has 1 aromatic carbocycles. The average molecular weight is 952 g/mol. The molecule has 6 bridgehead atoms. The molecule has 0 aliphatic carbocycles. The number of urea groups is 1. The Hall–Kier alpha value is -5.65. The molecule has 0 unspecified atom stereocenters. The Bertz CT molecular complexity index is 2510. The van der Waals surface area contributed by atoms with Crippen LogP contribution in [0.15, 0.2) is 54.6 Å². The first-order valence-electron chi connectivity index (χ1n) is 24.0. The fourth-order valence-corrected chi connectivity index (χ4v) is 10.9. The Labute approximate surface area is 404 Å². The van der Waals surface area contributed by atoms with Crippen LogP contribution < -0.4 is 10.7 Å². The Morgan fingerprint density at radius 1 is 1.10 bits per heavy atom. The van der Waals surface area contributed by atoms with E-state index in [2.05, 4.69) is 66.9 Å². The van der Waals surface area contributed by atoms with Crippen LogP contribution in [0.25, 0.3) is 33.4 Å². The topological polar surface area (TPSA) is 172 Å². The number of piperidine rings is 1. The number of cyclic esters (lactones) is 1. The Morgan fingerprint density at radius 3 is 2.54 bits per heavy atom. The number of hydrogen-bond acceptors (Lipinski definition) is 11. The molecule has 0 radical (unpaired) electrons. The quantitative estimate of drug-likeness (QED) is 0.123. The van der Waals surface area contributed by atoms with Gasteiger partial charge >= 0.3 is 12.0 Å². The molecule has 17 heteroatoms. The van der Waals surface area contributed by atoms with Gasteiger partial charge in [-0.25, -0.2) is 15.2 Å². The first-order chi connectivity index (χ1) is 32.4. The number of hydrogen-bond donors (Lipinski definition) is 2. The van der Waals surface area contributed by atoms with E-state index in [0.29, 0.717) is 57.0 Å². The minimum Gasteiger partial charge on any atom is -0.464 e. The van der Waals surface area contributed by atoms with E-state index in [-0.39, 0.29) is 42.9 Å². The monoisotopic (exact) mass is 952 g/mol. The summed E-state index contributed by atoms with van der Waals surface area (Å²) in [5, 5.41) is 8.16. The number of nitrogens with one attached hydrogen (secondary N) is 2. The number of fused-ring (bicyclic) bond motifs is 6. The van der Waals surface area contributed by atoms with Crippen LogP contribution in [-0.4, -0.2) is 136 Å². The SMILES string of the molecule is C=CC(=O)N(C)CC1CCN(C(=O)N(C)[C@H](C(=O)N[C@H]2Cc3nc(cs3)-c3ccc4c(c3)c(c(-c3cccnc3[C@H](C)OC)n4CC)CC(C)(C)COC(=O)[C@@H]3CCCN(N3)C2=O)C(C)C)CC1. The maximum absolute atomic E-state index is 14.7. The molecule has 3 aromatic heterocycles. The number of carbonyl (C=O) groups is 5. The molecular weight excluding hydrogens is 883 g/mol. The van der Waals surface area contributed by atoms with Gasteiger partial charge in [0.2, 0.25) is 11.8 Å². The molecule has 3 aliphatic heterocycles. The number of benzene rings is 1. The lowest BCUT2D eigenvalue weighted by atomic mass is 9.84. The van der Waals surface area contributed by atoms with Crippen molar-refractivity contribution >= 4 is 52.0 Å². The highest BCUT2D eigenvalue weighted by Gasteiger charge is 2.39. The molecule has 5 amide bonds. The highest BCUT2D eigenvalue weighted by Crippen LogP contribution is 2.42. The molecule has 3 aliphatic rings. The Morgan fingerprint density at radius 2 is 1.85 bits per heavy atom. The first-order valence-corrected chi connectivity index (χ1v) is 24.8.